The SMILES string of the molecule is Cc1c(-c2nc3cc(COC(=O)[C@@H]4CCCN4)c(OC(F)F)cc3o2)cccc1-c1cccc(-c2nc3cc(CN4CCC4(C)N)c(OC(F)F)cc3o2)c1C. The molecule has 2 aromatic heterocycles. The number of rotatable bonds is 12. The summed E-state index contributed by atoms with van der Waals surface area (Å²) < 4.78 is 81.1. The number of fused-ring (bicyclic) bond motifs is 2. The molecule has 0 amide bonds. The van der Waals surface area contributed by atoms with Crippen LogP contribution < -0.4 is 20.5 Å². The van der Waals surface area contributed by atoms with Crippen molar-refractivity contribution in [2.75, 3.05) is 13.1 Å². The first-order valence-electron chi connectivity index (χ1n) is 18.3. The number of nitrogens with zero attached hydrogens (tertiary/aromatic N) is 3. The second kappa shape index (κ2) is 14.9. The monoisotopic (exact) mass is 773 g/mol. The Labute approximate surface area is 318 Å². The smallest absolute Gasteiger partial charge is 0.387 e. The summed E-state index contributed by atoms with van der Waals surface area (Å²) in [7, 11) is 0. The van der Waals surface area contributed by atoms with Gasteiger partial charge in [0.25, 0.3) is 0 Å². The van der Waals surface area contributed by atoms with Crippen LogP contribution in [0, 0.1) is 13.8 Å². The number of likely N-dealkylation sites (tertiary alicyclic amines) is 1. The zero-order valence-electron chi connectivity index (χ0n) is 30.8. The predicted molar refractivity (Wildman–Crippen MR) is 199 cm³/mol. The average Bonchev–Trinajstić information content (AvgIpc) is 3.93. The Morgan fingerprint density at radius 2 is 1.41 bits per heavy atom. The van der Waals surface area contributed by atoms with Crippen LogP contribution in [0.5, 0.6) is 11.5 Å². The highest BCUT2D eigenvalue weighted by atomic mass is 19.3. The number of ether oxygens (including phenoxy) is 3. The number of halogens is 4. The Bertz CT molecular complexity index is 2440. The van der Waals surface area contributed by atoms with E-state index in [1.807, 2.05) is 62.1 Å². The number of carbonyl (C=O) groups is 1. The molecule has 2 fully saturated rings. The highest BCUT2D eigenvalue weighted by Gasteiger charge is 2.37. The van der Waals surface area contributed by atoms with Crippen molar-refractivity contribution >= 4 is 28.2 Å². The molecule has 0 spiro atoms. The van der Waals surface area contributed by atoms with Crippen LogP contribution in [0.2, 0.25) is 0 Å². The summed E-state index contributed by atoms with van der Waals surface area (Å²) in [6.45, 7) is 1.11. The summed E-state index contributed by atoms with van der Waals surface area (Å²) in [5, 5.41) is 3.06. The molecule has 2 saturated heterocycles. The molecule has 0 bridgehead atoms. The van der Waals surface area contributed by atoms with E-state index in [1.165, 1.54) is 18.2 Å². The molecular weight excluding hydrogens is 734 g/mol. The van der Waals surface area contributed by atoms with E-state index in [-0.39, 0.29) is 35.1 Å². The Morgan fingerprint density at radius 3 is 1.89 bits per heavy atom. The molecule has 3 N–H and O–H groups in total. The summed E-state index contributed by atoms with van der Waals surface area (Å²) >= 11 is 0. The first-order valence-corrected chi connectivity index (χ1v) is 18.3. The molecule has 2 atom stereocenters. The fourth-order valence-electron chi connectivity index (χ4n) is 7.42. The van der Waals surface area contributed by atoms with Crippen molar-refractivity contribution in [3.05, 3.63) is 82.9 Å². The van der Waals surface area contributed by atoms with Gasteiger partial charge in [-0.15, -0.1) is 0 Å². The standard InChI is InChI=1S/C41H39F4N5O6/c1-21-25(7-4-9-27(21)36-48-30-15-23(19-50-14-12-41(50,3)46)32(55-39(42)43)17-34(30)53-36)26-8-5-10-28(22(26)2)37-49-31-16-24(20-52-38(51)29-11-6-13-47-29)33(56-40(44)45)18-35(31)54-37/h4-5,7-10,15-18,29,39-40,47H,6,11-14,19-20,46H2,1-3H3/t29-,41?/m0/s1. The predicted octanol–water partition coefficient (Wildman–Crippen LogP) is 8.47. The van der Waals surface area contributed by atoms with E-state index >= 15 is 0 Å². The molecule has 15 heteroatoms. The van der Waals surface area contributed by atoms with Gasteiger partial charge in [-0.25, -0.2) is 9.97 Å². The Morgan fingerprint density at radius 1 is 0.875 bits per heavy atom. The van der Waals surface area contributed by atoms with Gasteiger partial charge in [0, 0.05) is 47.5 Å². The minimum Gasteiger partial charge on any atom is -0.460 e. The van der Waals surface area contributed by atoms with Crippen LogP contribution in [0.3, 0.4) is 0 Å². The van der Waals surface area contributed by atoms with Crippen LogP contribution in [-0.2, 0) is 22.7 Å². The Kier molecular flexibility index (Phi) is 9.93. The van der Waals surface area contributed by atoms with Crippen LogP contribution in [0.15, 0.2) is 69.5 Å². The molecular formula is C41H39F4N5O6. The number of alkyl halides is 4. The number of oxazole rings is 2. The van der Waals surface area contributed by atoms with E-state index in [0.29, 0.717) is 58.7 Å². The Hall–Kier alpha value is -5.51. The number of benzene rings is 4. The third-order valence-corrected chi connectivity index (χ3v) is 10.7. The minimum atomic E-state index is -3.11. The lowest BCUT2D eigenvalue weighted by Crippen LogP contribution is -2.63. The largest absolute Gasteiger partial charge is 0.460 e. The van der Waals surface area contributed by atoms with E-state index in [2.05, 4.69) is 10.3 Å². The summed E-state index contributed by atoms with van der Waals surface area (Å²) in [5.74, 6) is -0.0739. The lowest BCUT2D eigenvalue weighted by Gasteiger charge is -2.48. The van der Waals surface area contributed by atoms with Crippen molar-refractivity contribution in [1.29, 1.82) is 0 Å². The van der Waals surface area contributed by atoms with Gasteiger partial charge in [-0.3, -0.25) is 9.69 Å². The van der Waals surface area contributed by atoms with Gasteiger partial charge in [-0.2, -0.15) is 17.6 Å². The summed E-state index contributed by atoms with van der Waals surface area (Å²) in [6.07, 6.45) is 2.28. The molecule has 56 heavy (non-hydrogen) atoms. The molecule has 292 valence electrons. The van der Waals surface area contributed by atoms with Crippen molar-refractivity contribution in [3.8, 4) is 45.5 Å². The first-order chi connectivity index (χ1) is 26.8. The molecule has 4 heterocycles. The van der Waals surface area contributed by atoms with Crippen LogP contribution in [0.4, 0.5) is 17.6 Å². The number of carbonyl (C=O) groups excluding carboxylic acids is 1. The van der Waals surface area contributed by atoms with Crippen molar-refractivity contribution in [2.45, 2.75) is 78.1 Å². The van der Waals surface area contributed by atoms with Crippen molar-refractivity contribution in [3.63, 3.8) is 0 Å². The molecule has 0 saturated carbocycles. The minimum absolute atomic E-state index is 0.00399. The Balaban J connectivity index is 1.11. The second-order valence-electron chi connectivity index (χ2n) is 14.4. The van der Waals surface area contributed by atoms with Crippen LogP contribution >= 0.6 is 0 Å². The summed E-state index contributed by atoms with van der Waals surface area (Å²) in [5.41, 5.74) is 12.7. The molecule has 0 radical (unpaired) electrons. The maximum atomic E-state index is 13.4. The third-order valence-electron chi connectivity index (χ3n) is 10.7. The fourth-order valence-corrected chi connectivity index (χ4v) is 7.42. The quantitative estimate of drug-likeness (QED) is 0.0915. The van der Waals surface area contributed by atoms with Gasteiger partial charge in [0.1, 0.15) is 35.2 Å². The summed E-state index contributed by atoms with van der Waals surface area (Å²) in [6, 6.07) is 16.9. The van der Waals surface area contributed by atoms with Crippen LogP contribution in [0.1, 0.15) is 48.4 Å². The number of nitrogens with one attached hydrogen (secondary N) is 1. The normalized spacial score (nSPS) is 18.6. The molecule has 2 aliphatic rings. The van der Waals surface area contributed by atoms with Gasteiger partial charge in [-0.05, 0) is 93.1 Å². The van der Waals surface area contributed by atoms with Gasteiger partial charge >= 0.3 is 19.2 Å². The third kappa shape index (κ3) is 7.29. The van der Waals surface area contributed by atoms with Gasteiger partial charge < -0.3 is 34.1 Å². The van der Waals surface area contributed by atoms with Gasteiger partial charge in [-0.1, -0.05) is 24.3 Å². The second-order valence-corrected chi connectivity index (χ2v) is 14.4. The van der Waals surface area contributed by atoms with E-state index in [9.17, 15) is 22.4 Å². The van der Waals surface area contributed by atoms with Gasteiger partial charge in [0.15, 0.2) is 11.2 Å². The first kappa shape index (κ1) is 37.4. The molecule has 0 aliphatic carbocycles. The zero-order chi connectivity index (χ0) is 39.3. The lowest BCUT2D eigenvalue weighted by atomic mass is 9.91. The molecule has 1 unspecified atom stereocenters. The fraction of sp³-hybridized carbons (Fsp3) is 0.341. The average molecular weight is 774 g/mol. The van der Waals surface area contributed by atoms with Gasteiger partial charge in [0.2, 0.25) is 11.8 Å². The zero-order valence-corrected chi connectivity index (χ0v) is 30.8. The van der Waals surface area contributed by atoms with E-state index in [1.54, 1.807) is 6.07 Å². The number of hydrogen-bond donors (Lipinski definition) is 2. The lowest BCUT2D eigenvalue weighted by molar-refractivity contribution is -0.147. The number of esters is 1. The summed E-state index contributed by atoms with van der Waals surface area (Å²) in [4.78, 5) is 24.0. The molecule has 8 rings (SSSR count). The molecule has 2 aliphatic heterocycles. The van der Waals surface area contributed by atoms with E-state index in [4.69, 9.17) is 33.8 Å². The highest BCUT2D eigenvalue weighted by Crippen LogP contribution is 2.40. The van der Waals surface area contributed by atoms with Crippen LogP contribution in [0.25, 0.3) is 56.2 Å². The van der Waals surface area contributed by atoms with E-state index in [0.717, 1.165) is 41.6 Å². The number of hydrogen-bond acceptors (Lipinski definition) is 11. The molecule has 11 nitrogen and oxygen atoms in total. The number of aromatic nitrogens is 2. The van der Waals surface area contributed by atoms with E-state index < -0.39 is 30.9 Å². The highest BCUT2D eigenvalue weighted by molar-refractivity contribution is 5.85. The van der Waals surface area contributed by atoms with Crippen molar-refractivity contribution < 1.29 is 45.4 Å². The van der Waals surface area contributed by atoms with Crippen molar-refractivity contribution in [1.82, 2.24) is 20.2 Å². The maximum Gasteiger partial charge on any atom is 0.387 e. The topological polar surface area (TPSA) is 138 Å². The maximum absolute atomic E-state index is 13.4. The van der Waals surface area contributed by atoms with Gasteiger partial charge in [0.05, 0.1) is 5.66 Å². The molecule has 6 aromatic rings. The van der Waals surface area contributed by atoms with Crippen LogP contribution in [-0.4, -0.2) is 58.9 Å². The van der Waals surface area contributed by atoms with Crippen molar-refractivity contribution in [2.24, 2.45) is 5.73 Å². The molecule has 4 aromatic carbocycles. The number of nitrogens with two attached hydrogens (primary N) is 1.